The Balaban J connectivity index is 2.08. The molecule has 0 aliphatic heterocycles. The number of anilines is 2. The molecule has 0 bridgehead atoms. The van der Waals surface area contributed by atoms with Gasteiger partial charge in [0.2, 0.25) is 0 Å². The zero-order valence-corrected chi connectivity index (χ0v) is 11.2. The summed E-state index contributed by atoms with van der Waals surface area (Å²) in [6, 6.07) is 7.23. The van der Waals surface area contributed by atoms with Crippen LogP contribution in [0.3, 0.4) is 0 Å². The van der Waals surface area contributed by atoms with Crippen molar-refractivity contribution in [1.29, 1.82) is 0 Å². The van der Waals surface area contributed by atoms with Gasteiger partial charge < -0.3 is 10.2 Å². The Kier molecular flexibility index (Phi) is 3.75. The molecule has 0 radical (unpaired) electrons. The molecule has 1 N–H and O–H groups in total. The normalized spacial score (nSPS) is 10.1. The second-order valence-corrected chi connectivity index (χ2v) is 4.44. The lowest BCUT2D eigenvalue weighted by molar-refractivity contribution is 0.102. The van der Waals surface area contributed by atoms with Crippen LogP contribution in [0.4, 0.5) is 11.5 Å². The van der Waals surface area contributed by atoms with E-state index in [0.717, 1.165) is 11.5 Å². The molecule has 0 saturated heterocycles. The van der Waals surface area contributed by atoms with Crippen molar-refractivity contribution < 1.29 is 4.79 Å². The van der Waals surface area contributed by atoms with Gasteiger partial charge in [0.05, 0.1) is 17.4 Å². The highest BCUT2D eigenvalue weighted by Gasteiger charge is 2.06. The number of pyridine rings is 2. The molecule has 0 atom stereocenters. The van der Waals surface area contributed by atoms with Gasteiger partial charge in [0.25, 0.3) is 5.91 Å². The first-order valence-electron chi connectivity index (χ1n) is 5.93. The largest absolute Gasteiger partial charge is 0.363 e. The molecule has 98 valence electrons. The predicted octanol–water partition coefficient (Wildman–Crippen LogP) is 2.10. The molecule has 19 heavy (non-hydrogen) atoms. The number of rotatable bonds is 3. The number of hydrogen-bond acceptors (Lipinski definition) is 4. The molecule has 0 saturated carbocycles. The van der Waals surface area contributed by atoms with E-state index in [0.29, 0.717) is 11.3 Å². The molecule has 1 amide bonds. The van der Waals surface area contributed by atoms with Gasteiger partial charge in [0, 0.05) is 26.0 Å². The van der Waals surface area contributed by atoms with E-state index in [4.69, 9.17) is 0 Å². The third kappa shape index (κ3) is 3.28. The van der Waals surface area contributed by atoms with Crippen LogP contribution in [-0.4, -0.2) is 30.0 Å². The summed E-state index contributed by atoms with van der Waals surface area (Å²) in [5.41, 5.74) is 2.08. The molecule has 2 aromatic heterocycles. The maximum Gasteiger partial charge on any atom is 0.257 e. The van der Waals surface area contributed by atoms with Crippen LogP contribution in [0.25, 0.3) is 0 Å². The summed E-state index contributed by atoms with van der Waals surface area (Å²) in [5, 5.41) is 2.78. The van der Waals surface area contributed by atoms with Crippen molar-refractivity contribution in [1.82, 2.24) is 9.97 Å². The molecule has 0 unspecified atom stereocenters. The summed E-state index contributed by atoms with van der Waals surface area (Å²) < 4.78 is 0. The summed E-state index contributed by atoms with van der Waals surface area (Å²) in [6.45, 7) is 1.88. The number of nitrogens with zero attached hydrogens (tertiary/aromatic N) is 3. The predicted molar refractivity (Wildman–Crippen MR) is 75.5 cm³/mol. The number of aryl methyl sites for hydroxylation is 1. The average Bonchev–Trinajstić information content (AvgIpc) is 2.40. The number of aromatic nitrogens is 2. The van der Waals surface area contributed by atoms with Gasteiger partial charge >= 0.3 is 0 Å². The maximum atomic E-state index is 12.0. The molecule has 0 aliphatic carbocycles. The SMILES string of the molecule is Cc1ccc(C(=O)Nc2ccc(N(C)C)nc2)cn1. The lowest BCUT2D eigenvalue weighted by atomic mass is 10.2. The van der Waals surface area contributed by atoms with Crippen LogP contribution in [-0.2, 0) is 0 Å². The zero-order chi connectivity index (χ0) is 13.8. The average molecular weight is 256 g/mol. The second kappa shape index (κ2) is 5.48. The number of carbonyl (C=O) groups is 1. The lowest BCUT2D eigenvalue weighted by Crippen LogP contribution is -2.14. The van der Waals surface area contributed by atoms with E-state index in [-0.39, 0.29) is 5.91 Å². The molecule has 2 heterocycles. The maximum absolute atomic E-state index is 12.0. The summed E-state index contributed by atoms with van der Waals surface area (Å²) in [6.07, 6.45) is 3.20. The van der Waals surface area contributed by atoms with Crippen molar-refractivity contribution in [3.63, 3.8) is 0 Å². The molecule has 0 aliphatic rings. The van der Waals surface area contributed by atoms with Crippen LogP contribution >= 0.6 is 0 Å². The first-order chi connectivity index (χ1) is 9.06. The van der Waals surface area contributed by atoms with Crippen LogP contribution in [0.15, 0.2) is 36.7 Å². The minimum absolute atomic E-state index is 0.188. The van der Waals surface area contributed by atoms with Crippen molar-refractivity contribution in [2.45, 2.75) is 6.92 Å². The van der Waals surface area contributed by atoms with Gasteiger partial charge in [-0.25, -0.2) is 4.98 Å². The molecule has 5 heteroatoms. The van der Waals surface area contributed by atoms with Crippen LogP contribution in [0, 0.1) is 6.92 Å². The van der Waals surface area contributed by atoms with Gasteiger partial charge in [-0.1, -0.05) is 0 Å². The van der Waals surface area contributed by atoms with Gasteiger partial charge in [-0.2, -0.15) is 0 Å². The van der Waals surface area contributed by atoms with Gasteiger partial charge in [0.1, 0.15) is 5.82 Å². The summed E-state index contributed by atoms with van der Waals surface area (Å²) >= 11 is 0. The van der Waals surface area contributed by atoms with E-state index in [2.05, 4.69) is 15.3 Å². The number of nitrogens with one attached hydrogen (secondary N) is 1. The van der Waals surface area contributed by atoms with E-state index < -0.39 is 0 Å². The summed E-state index contributed by atoms with van der Waals surface area (Å²) in [7, 11) is 3.83. The number of carbonyl (C=O) groups excluding carboxylic acids is 1. The molecule has 0 fully saturated rings. The Morgan fingerprint density at radius 3 is 2.42 bits per heavy atom. The first kappa shape index (κ1) is 13.0. The van der Waals surface area contributed by atoms with E-state index in [1.54, 1.807) is 18.5 Å². The van der Waals surface area contributed by atoms with Crippen molar-refractivity contribution in [3.05, 3.63) is 47.9 Å². The Morgan fingerprint density at radius 1 is 1.11 bits per heavy atom. The standard InChI is InChI=1S/C14H16N4O/c1-10-4-5-11(8-15-10)14(19)17-12-6-7-13(16-9-12)18(2)3/h4-9H,1-3H3,(H,17,19). The van der Waals surface area contributed by atoms with Gasteiger partial charge in [-0.15, -0.1) is 0 Å². The summed E-state index contributed by atoms with van der Waals surface area (Å²) in [4.78, 5) is 22.2. The van der Waals surface area contributed by atoms with Crippen molar-refractivity contribution >= 4 is 17.4 Å². The van der Waals surface area contributed by atoms with E-state index >= 15 is 0 Å². The highest BCUT2D eigenvalue weighted by molar-refractivity contribution is 6.03. The molecular weight excluding hydrogens is 240 g/mol. The zero-order valence-electron chi connectivity index (χ0n) is 11.2. The van der Waals surface area contributed by atoms with Gasteiger partial charge in [-0.05, 0) is 31.2 Å². The third-order valence-corrected chi connectivity index (χ3v) is 2.64. The topological polar surface area (TPSA) is 58.1 Å². The third-order valence-electron chi connectivity index (χ3n) is 2.64. The Labute approximate surface area is 112 Å². The Bertz CT molecular complexity index is 561. The molecule has 2 aromatic rings. The van der Waals surface area contributed by atoms with Crippen LogP contribution < -0.4 is 10.2 Å². The van der Waals surface area contributed by atoms with Crippen LogP contribution in [0.2, 0.25) is 0 Å². The minimum Gasteiger partial charge on any atom is -0.363 e. The molecule has 0 spiro atoms. The van der Waals surface area contributed by atoms with Crippen molar-refractivity contribution in [2.75, 3.05) is 24.3 Å². The fourth-order valence-corrected chi connectivity index (χ4v) is 1.53. The number of hydrogen-bond donors (Lipinski definition) is 1. The van der Waals surface area contributed by atoms with Crippen molar-refractivity contribution in [3.8, 4) is 0 Å². The fourth-order valence-electron chi connectivity index (χ4n) is 1.53. The first-order valence-corrected chi connectivity index (χ1v) is 5.93. The molecule has 5 nitrogen and oxygen atoms in total. The quantitative estimate of drug-likeness (QED) is 0.913. The molecule has 0 aromatic carbocycles. The smallest absolute Gasteiger partial charge is 0.257 e. The highest BCUT2D eigenvalue weighted by Crippen LogP contribution is 2.12. The lowest BCUT2D eigenvalue weighted by Gasteiger charge is -2.11. The van der Waals surface area contributed by atoms with Gasteiger partial charge in [0.15, 0.2) is 0 Å². The highest BCUT2D eigenvalue weighted by atomic mass is 16.1. The second-order valence-electron chi connectivity index (χ2n) is 4.44. The minimum atomic E-state index is -0.188. The van der Waals surface area contributed by atoms with E-state index in [1.165, 1.54) is 0 Å². The number of amides is 1. The summed E-state index contributed by atoms with van der Waals surface area (Å²) in [5.74, 6) is 0.655. The Hall–Kier alpha value is -2.43. The fraction of sp³-hybridized carbons (Fsp3) is 0.214. The van der Waals surface area contributed by atoms with E-state index in [1.807, 2.05) is 44.1 Å². The molecule has 2 rings (SSSR count). The monoisotopic (exact) mass is 256 g/mol. The van der Waals surface area contributed by atoms with E-state index in [9.17, 15) is 4.79 Å². The van der Waals surface area contributed by atoms with Crippen LogP contribution in [0.1, 0.15) is 16.1 Å². The van der Waals surface area contributed by atoms with Crippen molar-refractivity contribution in [2.24, 2.45) is 0 Å². The molecular formula is C14H16N4O. The van der Waals surface area contributed by atoms with Gasteiger partial charge in [-0.3, -0.25) is 9.78 Å². The van der Waals surface area contributed by atoms with Crippen LogP contribution in [0.5, 0.6) is 0 Å². The Morgan fingerprint density at radius 2 is 1.89 bits per heavy atom.